The molecule has 0 heterocycles. The van der Waals surface area contributed by atoms with E-state index in [9.17, 15) is 0 Å². The maximum atomic E-state index is 5.62. The summed E-state index contributed by atoms with van der Waals surface area (Å²) in [4.78, 5) is 0. The maximum Gasteiger partial charge on any atom is 0.0701 e. The Morgan fingerprint density at radius 1 is 0.190 bits per heavy atom. The smallest absolute Gasteiger partial charge is 0.0701 e. The SMILES string of the molecule is CCCCCCCCCCOCCOCCOCCOCCOCCOCCOCCOCCOCCOCCCC. The molecule has 0 N–H and O–H groups in total. The fraction of sp³-hybridized carbons (Fsp3) is 1.00. The molecule has 0 aliphatic rings. The van der Waals surface area contributed by atoms with Crippen LogP contribution >= 0.6 is 0 Å². The van der Waals surface area contributed by atoms with E-state index in [2.05, 4.69) is 13.8 Å². The van der Waals surface area contributed by atoms with E-state index in [1.807, 2.05) is 0 Å². The van der Waals surface area contributed by atoms with Crippen molar-refractivity contribution in [3.8, 4) is 0 Å². The largest absolute Gasteiger partial charge is 0.379 e. The Balaban J connectivity index is 3.02. The van der Waals surface area contributed by atoms with Gasteiger partial charge in [0.25, 0.3) is 0 Å². The molecular formula is C32H66O10. The molecule has 0 aromatic carbocycles. The van der Waals surface area contributed by atoms with Gasteiger partial charge in [-0.1, -0.05) is 65.2 Å². The summed E-state index contributed by atoms with van der Waals surface area (Å²) in [5.41, 5.74) is 0. The Labute approximate surface area is 257 Å². The zero-order chi connectivity index (χ0) is 30.3. The van der Waals surface area contributed by atoms with Gasteiger partial charge in [-0.05, 0) is 12.8 Å². The molecule has 0 aliphatic heterocycles. The van der Waals surface area contributed by atoms with Gasteiger partial charge in [-0.15, -0.1) is 0 Å². The number of ether oxygens (including phenoxy) is 10. The Morgan fingerprint density at radius 3 is 0.643 bits per heavy atom. The van der Waals surface area contributed by atoms with Gasteiger partial charge in [-0.3, -0.25) is 0 Å². The second-order valence-corrected chi connectivity index (χ2v) is 9.95. The third kappa shape index (κ3) is 39.6. The lowest BCUT2D eigenvalue weighted by atomic mass is 10.1. The topological polar surface area (TPSA) is 92.3 Å². The maximum absolute atomic E-state index is 5.62. The number of unbranched alkanes of at least 4 members (excludes halogenated alkanes) is 8. The minimum absolute atomic E-state index is 0.534. The van der Waals surface area contributed by atoms with Crippen LogP contribution in [0.2, 0.25) is 0 Å². The van der Waals surface area contributed by atoms with Gasteiger partial charge in [0.15, 0.2) is 0 Å². The van der Waals surface area contributed by atoms with E-state index in [4.69, 9.17) is 47.4 Å². The molecule has 0 saturated carbocycles. The Morgan fingerprint density at radius 2 is 0.381 bits per heavy atom. The van der Waals surface area contributed by atoms with Gasteiger partial charge in [0.2, 0.25) is 0 Å². The highest BCUT2D eigenvalue weighted by molar-refractivity contribution is 4.46. The van der Waals surface area contributed by atoms with E-state index in [1.165, 1.54) is 44.9 Å². The summed E-state index contributed by atoms with van der Waals surface area (Å²) in [6, 6.07) is 0. The van der Waals surface area contributed by atoms with Crippen LogP contribution in [0, 0.1) is 0 Å². The molecule has 0 rings (SSSR count). The zero-order valence-electron chi connectivity index (χ0n) is 27.3. The van der Waals surface area contributed by atoms with Crippen molar-refractivity contribution >= 4 is 0 Å². The quantitative estimate of drug-likeness (QED) is 0.0876. The molecule has 10 heteroatoms. The standard InChI is InChI=1S/C32H66O10/c1-3-5-7-8-9-10-11-12-14-34-16-18-36-20-22-38-24-26-40-28-30-42-32-31-41-29-27-39-25-23-37-21-19-35-17-15-33-13-6-4-2/h3-32H2,1-2H3. The first kappa shape index (κ1) is 41.6. The Kier molecular flexibility index (Phi) is 40.2. The molecular weight excluding hydrogens is 544 g/mol. The van der Waals surface area contributed by atoms with Crippen molar-refractivity contribution in [1.82, 2.24) is 0 Å². The average molecular weight is 611 g/mol. The van der Waals surface area contributed by atoms with Crippen molar-refractivity contribution in [1.29, 1.82) is 0 Å². The molecule has 0 bridgehead atoms. The van der Waals surface area contributed by atoms with E-state index in [-0.39, 0.29) is 0 Å². The second kappa shape index (κ2) is 40.6. The zero-order valence-corrected chi connectivity index (χ0v) is 27.3. The van der Waals surface area contributed by atoms with Crippen LogP contribution in [0.25, 0.3) is 0 Å². The fourth-order valence-electron chi connectivity index (χ4n) is 3.67. The molecule has 0 aliphatic carbocycles. The molecule has 0 fully saturated rings. The van der Waals surface area contributed by atoms with E-state index in [0.29, 0.717) is 119 Å². The van der Waals surface area contributed by atoms with Crippen molar-refractivity contribution in [2.75, 3.05) is 132 Å². The third-order valence-corrected chi connectivity index (χ3v) is 6.13. The lowest BCUT2D eigenvalue weighted by Gasteiger charge is -2.09. The van der Waals surface area contributed by atoms with Gasteiger partial charge < -0.3 is 47.4 Å². The number of hydrogen-bond acceptors (Lipinski definition) is 10. The molecule has 0 unspecified atom stereocenters. The molecule has 10 nitrogen and oxygen atoms in total. The molecule has 254 valence electrons. The van der Waals surface area contributed by atoms with E-state index in [0.717, 1.165) is 32.5 Å². The van der Waals surface area contributed by atoms with Gasteiger partial charge in [-0.25, -0.2) is 0 Å². The van der Waals surface area contributed by atoms with Crippen LogP contribution in [-0.4, -0.2) is 132 Å². The summed E-state index contributed by atoms with van der Waals surface area (Å²) in [7, 11) is 0. The van der Waals surface area contributed by atoms with Crippen LogP contribution in [0.5, 0.6) is 0 Å². The van der Waals surface area contributed by atoms with Crippen LogP contribution in [0.1, 0.15) is 78.1 Å². The number of rotatable bonds is 39. The lowest BCUT2D eigenvalue weighted by Crippen LogP contribution is -2.15. The molecule has 0 aromatic heterocycles. The highest BCUT2D eigenvalue weighted by atomic mass is 16.6. The van der Waals surface area contributed by atoms with Crippen LogP contribution in [0.15, 0.2) is 0 Å². The van der Waals surface area contributed by atoms with Gasteiger partial charge in [0, 0.05) is 13.2 Å². The summed E-state index contributed by atoms with van der Waals surface area (Å²) < 4.78 is 54.9. The fourth-order valence-corrected chi connectivity index (χ4v) is 3.67. The van der Waals surface area contributed by atoms with Crippen molar-refractivity contribution in [2.24, 2.45) is 0 Å². The summed E-state index contributed by atoms with van der Waals surface area (Å²) in [6.45, 7) is 16.3. The van der Waals surface area contributed by atoms with Crippen molar-refractivity contribution in [3.63, 3.8) is 0 Å². The van der Waals surface area contributed by atoms with E-state index in [1.54, 1.807) is 0 Å². The van der Waals surface area contributed by atoms with Gasteiger partial charge in [0.1, 0.15) is 0 Å². The minimum atomic E-state index is 0.534. The molecule has 42 heavy (non-hydrogen) atoms. The first-order valence-electron chi connectivity index (χ1n) is 16.7. The average Bonchev–Trinajstić information content (AvgIpc) is 3.00. The lowest BCUT2D eigenvalue weighted by molar-refractivity contribution is -0.0264. The summed E-state index contributed by atoms with van der Waals surface area (Å²) in [5, 5.41) is 0. The van der Waals surface area contributed by atoms with Crippen LogP contribution in [0.3, 0.4) is 0 Å². The first-order valence-corrected chi connectivity index (χ1v) is 16.7. The highest BCUT2D eigenvalue weighted by Crippen LogP contribution is 2.08. The predicted octanol–water partition coefficient (Wildman–Crippen LogP) is 5.09. The normalized spacial score (nSPS) is 11.6. The van der Waals surface area contributed by atoms with Crippen LogP contribution in [0.4, 0.5) is 0 Å². The molecule has 0 spiro atoms. The molecule has 0 saturated heterocycles. The summed E-state index contributed by atoms with van der Waals surface area (Å²) in [6.07, 6.45) is 12.8. The highest BCUT2D eigenvalue weighted by Gasteiger charge is 1.97. The molecule has 0 amide bonds. The Hall–Kier alpha value is -0.400. The van der Waals surface area contributed by atoms with E-state index >= 15 is 0 Å². The summed E-state index contributed by atoms with van der Waals surface area (Å²) in [5.74, 6) is 0. The second-order valence-electron chi connectivity index (χ2n) is 9.95. The Bertz CT molecular complexity index is 419. The predicted molar refractivity (Wildman–Crippen MR) is 166 cm³/mol. The monoisotopic (exact) mass is 610 g/mol. The molecule has 0 atom stereocenters. The van der Waals surface area contributed by atoms with E-state index < -0.39 is 0 Å². The van der Waals surface area contributed by atoms with Crippen molar-refractivity contribution < 1.29 is 47.4 Å². The van der Waals surface area contributed by atoms with Crippen LogP contribution in [-0.2, 0) is 47.4 Å². The molecule has 0 aromatic rings. The van der Waals surface area contributed by atoms with Crippen molar-refractivity contribution in [2.45, 2.75) is 78.1 Å². The molecule has 0 radical (unpaired) electrons. The van der Waals surface area contributed by atoms with Crippen molar-refractivity contribution in [3.05, 3.63) is 0 Å². The van der Waals surface area contributed by atoms with Gasteiger partial charge in [-0.2, -0.15) is 0 Å². The number of hydrogen-bond donors (Lipinski definition) is 0. The minimum Gasteiger partial charge on any atom is -0.379 e. The first-order chi connectivity index (χ1) is 20.9. The van der Waals surface area contributed by atoms with Gasteiger partial charge in [0.05, 0.1) is 119 Å². The summed E-state index contributed by atoms with van der Waals surface area (Å²) >= 11 is 0. The van der Waals surface area contributed by atoms with Crippen LogP contribution < -0.4 is 0 Å². The third-order valence-electron chi connectivity index (χ3n) is 6.13. The van der Waals surface area contributed by atoms with Gasteiger partial charge >= 0.3 is 0 Å².